The quantitative estimate of drug-likeness (QED) is 0.589. The van der Waals surface area contributed by atoms with Crippen LogP contribution < -0.4 is 5.32 Å². The Morgan fingerprint density at radius 2 is 1.86 bits per heavy atom. The van der Waals surface area contributed by atoms with Gasteiger partial charge >= 0.3 is 0 Å². The highest BCUT2D eigenvalue weighted by Crippen LogP contribution is 1.94. The molecule has 0 aromatic rings. The Morgan fingerprint density at radius 1 is 1.21 bits per heavy atom. The van der Waals surface area contributed by atoms with Crippen molar-refractivity contribution in [2.24, 2.45) is 0 Å². The van der Waals surface area contributed by atoms with E-state index in [1.54, 1.807) is 4.90 Å². The Labute approximate surface area is 87.3 Å². The number of carbonyl (C=O) groups is 1. The molecule has 84 valence electrons. The summed E-state index contributed by atoms with van der Waals surface area (Å²) in [5, 5.41) is 3.03. The maximum absolute atomic E-state index is 11.5. The molecule has 1 N–H and O–H groups in total. The first-order valence-corrected chi connectivity index (χ1v) is 5.11. The molecular weight excluding hydrogens is 178 g/mol. The van der Waals surface area contributed by atoms with Gasteiger partial charge in [-0.15, -0.1) is 0 Å². The largest absolute Gasteiger partial charge is 0.344 e. The third kappa shape index (κ3) is 6.86. The average Bonchev–Trinajstić information content (AvgIpc) is 2.14. The average molecular weight is 201 g/mol. The van der Waals surface area contributed by atoms with Crippen LogP contribution in [0.15, 0.2) is 0 Å². The van der Waals surface area contributed by atoms with E-state index in [0.29, 0.717) is 6.42 Å². The molecule has 1 amide bonds. The Hall–Kier alpha value is -0.610. The summed E-state index contributed by atoms with van der Waals surface area (Å²) >= 11 is 0. The maximum atomic E-state index is 11.5. The van der Waals surface area contributed by atoms with Crippen LogP contribution in [0.2, 0.25) is 0 Å². The Kier molecular flexibility index (Phi) is 7.42. The Bertz CT molecular complexity index is 159. The van der Waals surface area contributed by atoms with Crippen molar-refractivity contribution in [1.82, 2.24) is 15.1 Å². The summed E-state index contributed by atoms with van der Waals surface area (Å²) in [5.41, 5.74) is 0. The van der Waals surface area contributed by atoms with Crippen molar-refractivity contribution in [2.45, 2.75) is 12.8 Å². The molecule has 0 rings (SSSR count). The van der Waals surface area contributed by atoms with Crippen molar-refractivity contribution in [3.63, 3.8) is 0 Å². The number of amides is 1. The number of rotatable bonds is 7. The molecule has 0 aliphatic rings. The second-order valence-corrected chi connectivity index (χ2v) is 3.83. The molecular formula is C10H23N3O. The van der Waals surface area contributed by atoms with Crippen molar-refractivity contribution in [3.8, 4) is 0 Å². The lowest BCUT2D eigenvalue weighted by molar-refractivity contribution is -0.130. The molecule has 0 aliphatic carbocycles. The van der Waals surface area contributed by atoms with Gasteiger partial charge in [-0.05, 0) is 34.1 Å². The highest BCUT2D eigenvalue weighted by atomic mass is 16.2. The van der Waals surface area contributed by atoms with E-state index in [-0.39, 0.29) is 5.91 Å². The van der Waals surface area contributed by atoms with Gasteiger partial charge in [0.1, 0.15) is 0 Å². The highest BCUT2D eigenvalue weighted by Gasteiger charge is 2.07. The molecule has 0 heterocycles. The molecule has 0 radical (unpaired) electrons. The van der Waals surface area contributed by atoms with E-state index in [1.165, 1.54) is 0 Å². The minimum absolute atomic E-state index is 0.238. The summed E-state index contributed by atoms with van der Waals surface area (Å²) in [6.45, 7) is 2.65. The van der Waals surface area contributed by atoms with Crippen LogP contribution in [0.3, 0.4) is 0 Å². The predicted octanol–water partition coefficient (Wildman–Crippen LogP) is 0.00600. The van der Waals surface area contributed by atoms with E-state index in [2.05, 4.69) is 10.2 Å². The van der Waals surface area contributed by atoms with Crippen LogP contribution in [0.4, 0.5) is 0 Å². The molecule has 4 nitrogen and oxygen atoms in total. The standard InChI is InChI=1S/C10H23N3O/c1-11-7-5-6-10(14)13(4)9-8-12(2)3/h11H,5-9H2,1-4H3. The fraction of sp³-hybridized carbons (Fsp3) is 0.900. The second kappa shape index (κ2) is 7.76. The lowest BCUT2D eigenvalue weighted by atomic mass is 10.3. The summed E-state index contributed by atoms with van der Waals surface area (Å²) in [5.74, 6) is 0.238. The minimum Gasteiger partial charge on any atom is -0.344 e. The van der Waals surface area contributed by atoms with Gasteiger partial charge in [0.2, 0.25) is 5.91 Å². The first-order valence-electron chi connectivity index (χ1n) is 5.11. The molecule has 0 atom stereocenters. The van der Waals surface area contributed by atoms with Crippen LogP contribution >= 0.6 is 0 Å². The first-order chi connectivity index (χ1) is 6.57. The van der Waals surface area contributed by atoms with Gasteiger partial charge in [0.15, 0.2) is 0 Å². The molecule has 0 fully saturated rings. The SMILES string of the molecule is CNCCCC(=O)N(C)CCN(C)C. The monoisotopic (exact) mass is 201 g/mol. The molecule has 14 heavy (non-hydrogen) atoms. The van der Waals surface area contributed by atoms with Gasteiger partial charge < -0.3 is 15.1 Å². The Morgan fingerprint density at radius 3 is 2.36 bits per heavy atom. The van der Waals surface area contributed by atoms with Crippen LogP contribution in [0.5, 0.6) is 0 Å². The van der Waals surface area contributed by atoms with Gasteiger partial charge in [0.25, 0.3) is 0 Å². The molecule has 0 saturated carbocycles. The molecule has 0 aromatic heterocycles. The molecule has 4 heteroatoms. The maximum Gasteiger partial charge on any atom is 0.222 e. The molecule has 0 bridgehead atoms. The summed E-state index contributed by atoms with van der Waals surface area (Å²) < 4.78 is 0. The van der Waals surface area contributed by atoms with Crippen molar-refractivity contribution in [3.05, 3.63) is 0 Å². The van der Waals surface area contributed by atoms with Crippen LogP contribution in [0, 0.1) is 0 Å². The number of nitrogens with one attached hydrogen (secondary N) is 1. The van der Waals surface area contributed by atoms with Gasteiger partial charge in [-0.2, -0.15) is 0 Å². The summed E-state index contributed by atoms with van der Waals surface area (Å²) in [7, 11) is 7.80. The van der Waals surface area contributed by atoms with Gasteiger partial charge in [-0.25, -0.2) is 0 Å². The van der Waals surface area contributed by atoms with E-state index in [9.17, 15) is 4.79 Å². The molecule has 0 unspecified atom stereocenters. The van der Waals surface area contributed by atoms with Crippen molar-refractivity contribution >= 4 is 5.91 Å². The highest BCUT2D eigenvalue weighted by molar-refractivity contribution is 5.75. The third-order valence-corrected chi connectivity index (χ3v) is 2.13. The number of hydrogen-bond donors (Lipinski definition) is 1. The normalized spacial score (nSPS) is 10.6. The number of nitrogens with zero attached hydrogens (tertiary/aromatic N) is 2. The fourth-order valence-electron chi connectivity index (χ4n) is 1.08. The van der Waals surface area contributed by atoms with Gasteiger partial charge in [-0.3, -0.25) is 4.79 Å². The zero-order valence-corrected chi connectivity index (χ0v) is 9.84. The molecule has 0 aliphatic heterocycles. The van der Waals surface area contributed by atoms with E-state index < -0.39 is 0 Å². The zero-order chi connectivity index (χ0) is 11.0. The summed E-state index contributed by atoms with van der Waals surface area (Å²) in [6.07, 6.45) is 1.56. The Balaban J connectivity index is 3.54. The topological polar surface area (TPSA) is 35.6 Å². The second-order valence-electron chi connectivity index (χ2n) is 3.83. The fourth-order valence-corrected chi connectivity index (χ4v) is 1.08. The third-order valence-electron chi connectivity index (χ3n) is 2.13. The van der Waals surface area contributed by atoms with Gasteiger partial charge in [0, 0.05) is 26.6 Å². The predicted molar refractivity (Wildman–Crippen MR) is 59.4 cm³/mol. The van der Waals surface area contributed by atoms with E-state index in [0.717, 1.165) is 26.1 Å². The van der Waals surface area contributed by atoms with Gasteiger partial charge in [-0.1, -0.05) is 0 Å². The van der Waals surface area contributed by atoms with Crippen molar-refractivity contribution in [2.75, 3.05) is 47.8 Å². The number of hydrogen-bond acceptors (Lipinski definition) is 3. The van der Waals surface area contributed by atoms with Crippen LogP contribution in [-0.4, -0.2) is 63.5 Å². The number of carbonyl (C=O) groups excluding carboxylic acids is 1. The lowest BCUT2D eigenvalue weighted by Gasteiger charge is -2.19. The smallest absolute Gasteiger partial charge is 0.222 e. The van der Waals surface area contributed by atoms with E-state index >= 15 is 0 Å². The van der Waals surface area contributed by atoms with E-state index in [1.807, 2.05) is 28.2 Å². The van der Waals surface area contributed by atoms with Crippen molar-refractivity contribution < 1.29 is 4.79 Å². The van der Waals surface area contributed by atoms with Gasteiger partial charge in [0.05, 0.1) is 0 Å². The van der Waals surface area contributed by atoms with Crippen molar-refractivity contribution in [1.29, 1.82) is 0 Å². The molecule has 0 aromatic carbocycles. The van der Waals surface area contributed by atoms with Crippen LogP contribution in [0.1, 0.15) is 12.8 Å². The van der Waals surface area contributed by atoms with Crippen LogP contribution in [-0.2, 0) is 4.79 Å². The van der Waals surface area contributed by atoms with Crippen LogP contribution in [0.25, 0.3) is 0 Å². The summed E-state index contributed by atoms with van der Waals surface area (Å²) in [6, 6.07) is 0. The van der Waals surface area contributed by atoms with E-state index in [4.69, 9.17) is 0 Å². The number of likely N-dealkylation sites (N-methyl/N-ethyl adjacent to an activating group) is 2. The molecule has 0 saturated heterocycles. The summed E-state index contributed by atoms with van der Waals surface area (Å²) in [4.78, 5) is 15.4. The zero-order valence-electron chi connectivity index (χ0n) is 9.84. The minimum atomic E-state index is 0.238. The molecule has 0 spiro atoms. The first kappa shape index (κ1) is 13.4. The lowest BCUT2D eigenvalue weighted by Crippen LogP contribution is -2.33.